The summed E-state index contributed by atoms with van der Waals surface area (Å²) in [4.78, 5) is 13.3. The molecule has 2 rings (SSSR count). The van der Waals surface area contributed by atoms with Crippen LogP contribution in [-0.4, -0.2) is 28.4 Å². The fraction of sp³-hybridized carbons (Fsp3) is 0.188. The molecule has 0 unspecified atom stereocenters. The normalized spacial score (nSPS) is 11.1. The Hall–Kier alpha value is -2.54. The number of carbonyl (C=O) groups excluding carboxylic acids is 1. The average Bonchev–Trinajstić information content (AvgIpc) is 2.46. The molecule has 3 N–H and O–H groups in total. The minimum Gasteiger partial charge on any atom is -0.376 e. The smallest absolute Gasteiger partial charge is 0.261 e. The van der Waals surface area contributed by atoms with Gasteiger partial charge in [-0.3, -0.25) is 9.52 Å². The topological polar surface area (TPSA) is 92.5 Å². The summed E-state index contributed by atoms with van der Waals surface area (Å²) < 4.78 is 27.7. The molecule has 7 heteroatoms. The highest BCUT2D eigenvalue weighted by Crippen LogP contribution is 2.28. The van der Waals surface area contributed by atoms with Gasteiger partial charge >= 0.3 is 0 Å². The summed E-state index contributed by atoms with van der Waals surface area (Å²) >= 11 is 0. The summed E-state index contributed by atoms with van der Waals surface area (Å²) in [6, 6.07) is 11.2. The van der Waals surface area contributed by atoms with Crippen molar-refractivity contribution in [2.45, 2.75) is 11.8 Å². The van der Waals surface area contributed by atoms with E-state index in [0.29, 0.717) is 11.4 Å². The van der Waals surface area contributed by atoms with Crippen LogP contribution >= 0.6 is 0 Å². The van der Waals surface area contributed by atoms with Crippen molar-refractivity contribution >= 4 is 27.3 Å². The van der Waals surface area contributed by atoms with Crippen LogP contribution in [0.4, 0.5) is 11.4 Å². The maximum absolute atomic E-state index is 12.6. The van der Waals surface area contributed by atoms with E-state index >= 15 is 0 Å². The molecule has 0 bridgehead atoms. The summed E-state index contributed by atoms with van der Waals surface area (Å²) in [5.41, 5.74) is 7.28. The molecule has 0 fully saturated rings. The van der Waals surface area contributed by atoms with Gasteiger partial charge in [0.15, 0.2) is 0 Å². The van der Waals surface area contributed by atoms with Crippen LogP contribution in [0.15, 0.2) is 47.4 Å². The lowest BCUT2D eigenvalue weighted by Crippen LogP contribution is -2.19. The number of carbonyl (C=O) groups is 1. The quantitative estimate of drug-likeness (QED) is 0.875. The molecule has 122 valence electrons. The van der Waals surface area contributed by atoms with E-state index in [9.17, 15) is 13.2 Å². The second kappa shape index (κ2) is 6.29. The zero-order chi connectivity index (χ0) is 17.2. The van der Waals surface area contributed by atoms with Crippen molar-refractivity contribution in [2.75, 3.05) is 23.7 Å². The van der Waals surface area contributed by atoms with Gasteiger partial charge in [0, 0.05) is 19.7 Å². The van der Waals surface area contributed by atoms with Crippen molar-refractivity contribution in [2.24, 2.45) is 5.73 Å². The van der Waals surface area contributed by atoms with E-state index in [-0.39, 0.29) is 10.5 Å². The molecule has 0 aliphatic heterocycles. The van der Waals surface area contributed by atoms with E-state index in [1.165, 1.54) is 12.1 Å². The first kappa shape index (κ1) is 16.8. The molecule has 0 saturated heterocycles. The first-order valence-electron chi connectivity index (χ1n) is 6.91. The van der Waals surface area contributed by atoms with Crippen molar-refractivity contribution in [1.29, 1.82) is 0 Å². The van der Waals surface area contributed by atoms with Crippen molar-refractivity contribution in [3.8, 4) is 0 Å². The molecule has 0 atom stereocenters. The number of hydrogen-bond acceptors (Lipinski definition) is 4. The van der Waals surface area contributed by atoms with Gasteiger partial charge in [-0.1, -0.05) is 12.1 Å². The van der Waals surface area contributed by atoms with Crippen LogP contribution < -0.4 is 15.4 Å². The SMILES string of the molecule is Cc1cccc(S(=O)(=O)Nc2cc(C(N)=O)ccc2N(C)C)c1. The predicted octanol–water partition coefficient (Wildman–Crippen LogP) is 1.96. The Bertz CT molecular complexity index is 845. The number of anilines is 2. The average molecular weight is 333 g/mol. The number of rotatable bonds is 5. The Morgan fingerprint density at radius 1 is 1.13 bits per heavy atom. The lowest BCUT2D eigenvalue weighted by atomic mass is 10.1. The Labute approximate surface area is 136 Å². The summed E-state index contributed by atoms with van der Waals surface area (Å²) in [6.07, 6.45) is 0. The van der Waals surface area contributed by atoms with Crippen LogP contribution in [0.2, 0.25) is 0 Å². The molecular weight excluding hydrogens is 314 g/mol. The number of benzene rings is 2. The van der Waals surface area contributed by atoms with Crippen molar-refractivity contribution in [1.82, 2.24) is 0 Å². The number of nitrogens with one attached hydrogen (secondary N) is 1. The van der Waals surface area contributed by atoms with E-state index in [2.05, 4.69) is 4.72 Å². The Balaban J connectivity index is 2.49. The second-order valence-corrected chi connectivity index (χ2v) is 7.10. The molecule has 0 aliphatic rings. The molecule has 0 aromatic heterocycles. The monoisotopic (exact) mass is 333 g/mol. The van der Waals surface area contributed by atoms with Gasteiger partial charge < -0.3 is 10.6 Å². The maximum Gasteiger partial charge on any atom is 0.261 e. The fourth-order valence-corrected chi connectivity index (χ4v) is 3.32. The van der Waals surface area contributed by atoms with E-state index in [1.54, 1.807) is 43.3 Å². The van der Waals surface area contributed by atoms with Crippen molar-refractivity contribution in [3.05, 3.63) is 53.6 Å². The Morgan fingerprint density at radius 2 is 1.83 bits per heavy atom. The van der Waals surface area contributed by atoms with Gasteiger partial charge in [0.05, 0.1) is 16.3 Å². The Morgan fingerprint density at radius 3 is 2.39 bits per heavy atom. The highest BCUT2D eigenvalue weighted by atomic mass is 32.2. The van der Waals surface area contributed by atoms with Gasteiger partial charge in [0.2, 0.25) is 5.91 Å². The highest BCUT2D eigenvalue weighted by molar-refractivity contribution is 7.92. The summed E-state index contributed by atoms with van der Waals surface area (Å²) in [6.45, 7) is 1.82. The molecule has 2 aromatic carbocycles. The van der Waals surface area contributed by atoms with Gasteiger partial charge in [-0.05, 0) is 42.8 Å². The third-order valence-electron chi connectivity index (χ3n) is 3.31. The number of aryl methyl sites for hydroxylation is 1. The second-order valence-electron chi connectivity index (χ2n) is 5.41. The van der Waals surface area contributed by atoms with Crippen LogP contribution in [0.25, 0.3) is 0 Å². The lowest BCUT2D eigenvalue weighted by molar-refractivity contribution is 0.100. The molecule has 2 aromatic rings. The maximum atomic E-state index is 12.6. The predicted molar refractivity (Wildman–Crippen MR) is 91.3 cm³/mol. The first-order chi connectivity index (χ1) is 10.7. The summed E-state index contributed by atoms with van der Waals surface area (Å²) in [5, 5.41) is 0. The molecule has 0 aliphatic carbocycles. The van der Waals surface area contributed by atoms with Gasteiger partial charge in [0.25, 0.3) is 10.0 Å². The number of amides is 1. The van der Waals surface area contributed by atoms with Crippen LogP contribution in [-0.2, 0) is 10.0 Å². The number of primary amides is 1. The molecular formula is C16H19N3O3S. The molecule has 0 saturated carbocycles. The van der Waals surface area contributed by atoms with Crippen molar-refractivity contribution < 1.29 is 13.2 Å². The van der Waals surface area contributed by atoms with Crippen LogP contribution in [0, 0.1) is 6.92 Å². The zero-order valence-electron chi connectivity index (χ0n) is 13.2. The lowest BCUT2D eigenvalue weighted by Gasteiger charge is -2.19. The molecule has 1 amide bonds. The minimum absolute atomic E-state index is 0.159. The third-order valence-corrected chi connectivity index (χ3v) is 4.67. The van der Waals surface area contributed by atoms with E-state index in [4.69, 9.17) is 5.73 Å². The number of sulfonamides is 1. The van der Waals surface area contributed by atoms with Gasteiger partial charge in [0.1, 0.15) is 0 Å². The minimum atomic E-state index is -3.76. The fourth-order valence-electron chi connectivity index (χ4n) is 2.15. The largest absolute Gasteiger partial charge is 0.376 e. The van der Waals surface area contributed by atoms with Gasteiger partial charge in [-0.2, -0.15) is 0 Å². The molecule has 0 heterocycles. The standard InChI is InChI=1S/C16H19N3O3S/c1-11-5-4-6-13(9-11)23(21,22)18-14-10-12(16(17)20)7-8-15(14)19(2)3/h4-10,18H,1-3H3,(H2,17,20). The van der Waals surface area contributed by atoms with E-state index in [1.807, 2.05) is 13.0 Å². The molecule has 23 heavy (non-hydrogen) atoms. The number of nitrogens with two attached hydrogens (primary N) is 1. The first-order valence-corrected chi connectivity index (χ1v) is 8.39. The van der Waals surface area contributed by atoms with Crippen LogP contribution in [0.3, 0.4) is 0 Å². The number of nitrogens with zero attached hydrogens (tertiary/aromatic N) is 1. The Kier molecular flexibility index (Phi) is 4.60. The van der Waals surface area contributed by atoms with Crippen LogP contribution in [0.1, 0.15) is 15.9 Å². The van der Waals surface area contributed by atoms with Crippen molar-refractivity contribution in [3.63, 3.8) is 0 Å². The van der Waals surface area contributed by atoms with Crippen LogP contribution in [0.5, 0.6) is 0 Å². The third kappa shape index (κ3) is 3.81. The van der Waals surface area contributed by atoms with Gasteiger partial charge in [-0.25, -0.2) is 8.42 Å². The van der Waals surface area contributed by atoms with Gasteiger partial charge in [-0.15, -0.1) is 0 Å². The van der Waals surface area contributed by atoms with E-state index < -0.39 is 15.9 Å². The summed E-state index contributed by atoms with van der Waals surface area (Å²) in [7, 11) is -0.200. The summed E-state index contributed by atoms with van der Waals surface area (Å²) in [5.74, 6) is -0.619. The van der Waals surface area contributed by atoms with E-state index in [0.717, 1.165) is 5.56 Å². The zero-order valence-corrected chi connectivity index (χ0v) is 14.0. The molecule has 0 radical (unpaired) electrons. The molecule has 0 spiro atoms. The molecule has 6 nitrogen and oxygen atoms in total. The highest BCUT2D eigenvalue weighted by Gasteiger charge is 2.18. The number of hydrogen-bond donors (Lipinski definition) is 2.